The molecule has 1 aromatic carbocycles. The first-order valence-corrected chi connectivity index (χ1v) is 7.00. The number of nitrogens with one attached hydrogen (secondary N) is 1. The highest BCUT2D eigenvalue weighted by Gasteiger charge is 2.14. The largest absolute Gasteiger partial charge is 0.353 e. The number of hydrogen-bond acceptors (Lipinski definition) is 1. The number of aromatic nitrogens is 1. The second-order valence-electron chi connectivity index (χ2n) is 4.72. The van der Waals surface area contributed by atoms with Crippen molar-refractivity contribution in [2.45, 2.75) is 6.54 Å². The van der Waals surface area contributed by atoms with Gasteiger partial charge in [0.1, 0.15) is 0 Å². The molecule has 0 aliphatic heterocycles. The van der Waals surface area contributed by atoms with Gasteiger partial charge in [0.15, 0.2) is 0 Å². The minimum Gasteiger partial charge on any atom is -0.353 e. The van der Waals surface area contributed by atoms with E-state index in [9.17, 15) is 4.79 Å². The van der Waals surface area contributed by atoms with Gasteiger partial charge in [-0.1, -0.05) is 17.7 Å². The molecule has 5 heteroatoms. The number of carbonyl (C=O) groups excluding carboxylic acids is 1. The van der Waals surface area contributed by atoms with Crippen LogP contribution in [0.3, 0.4) is 0 Å². The minimum atomic E-state index is -0.168. The fraction of sp³-hybridized carbons (Fsp3) is 0.188. The molecule has 0 aliphatic rings. The Morgan fingerprint density at radius 1 is 1.38 bits per heavy atom. The van der Waals surface area contributed by atoms with Crippen LogP contribution < -0.4 is 5.32 Å². The van der Waals surface area contributed by atoms with Crippen molar-refractivity contribution in [3.63, 3.8) is 0 Å². The Morgan fingerprint density at radius 2 is 2.10 bits per heavy atom. The zero-order chi connectivity index (χ0) is 15.2. The van der Waals surface area contributed by atoms with E-state index in [0.717, 1.165) is 5.69 Å². The van der Waals surface area contributed by atoms with E-state index in [1.165, 1.54) is 0 Å². The van der Waals surface area contributed by atoms with Crippen molar-refractivity contribution in [2.75, 3.05) is 11.9 Å². The molecule has 0 radical (unpaired) electrons. The zero-order valence-electron chi connectivity index (χ0n) is 11.9. The Bertz CT molecular complexity index is 619. The fourth-order valence-electron chi connectivity index (χ4n) is 1.97. The standard InChI is InChI=1S/C16H18ClN3O/c1-3-10-20(12-15-5-4-11-19(15)2)16(21)18-14-8-6-13(17)7-9-14/h3-9,11H,1,10,12H2,2H3,(H,18,21). The third kappa shape index (κ3) is 4.13. The zero-order valence-corrected chi connectivity index (χ0v) is 12.7. The smallest absolute Gasteiger partial charge is 0.322 e. The second kappa shape index (κ2) is 6.99. The number of amides is 2. The van der Waals surface area contributed by atoms with Gasteiger partial charge in [-0.15, -0.1) is 6.58 Å². The SMILES string of the molecule is C=CCN(Cc1cccn1C)C(=O)Nc1ccc(Cl)cc1. The number of nitrogens with zero attached hydrogens (tertiary/aromatic N) is 2. The molecule has 2 rings (SSSR count). The van der Waals surface area contributed by atoms with Gasteiger partial charge in [-0.05, 0) is 36.4 Å². The van der Waals surface area contributed by atoms with E-state index in [2.05, 4.69) is 11.9 Å². The van der Waals surface area contributed by atoms with Crippen LogP contribution in [0.5, 0.6) is 0 Å². The van der Waals surface area contributed by atoms with E-state index >= 15 is 0 Å². The summed E-state index contributed by atoms with van der Waals surface area (Å²) < 4.78 is 1.99. The Morgan fingerprint density at radius 3 is 2.67 bits per heavy atom. The number of benzene rings is 1. The van der Waals surface area contributed by atoms with Gasteiger partial charge in [0, 0.05) is 36.2 Å². The summed E-state index contributed by atoms with van der Waals surface area (Å²) in [5.74, 6) is 0. The molecule has 0 unspecified atom stereocenters. The van der Waals surface area contributed by atoms with Crippen molar-refractivity contribution in [1.82, 2.24) is 9.47 Å². The number of anilines is 1. The quantitative estimate of drug-likeness (QED) is 0.836. The molecular formula is C16H18ClN3O. The maximum atomic E-state index is 12.3. The monoisotopic (exact) mass is 303 g/mol. The highest BCUT2D eigenvalue weighted by atomic mass is 35.5. The number of halogens is 1. The molecule has 0 saturated carbocycles. The molecule has 0 atom stereocenters. The number of urea groups is 1. The molecule has 1 N–H and O–H groups in total. The van der Waals surface area contributed by atoms with Crippen LogP contribution in [0.25, 0.3) is 0 Å². The number of hydrogen-bond donors (Lipinski definition) is 1. The normalized spacial score (nSPS) is 10.2. The van der Waals surface area contributed by atoms with E-state index in [-0.39, 0.29) is 6.03 Å². The molecule has 0 aliphatic carbocycles. The highest BCUT2D eigenvalue weighted by molar-refractivity contribution is 6.30. The van der Waals surface area contributed by atoms with Gasteiger partial charge < -0.3 is 14.8 Å². The first-order chi connectivity index (χ1) is 10.1. The lowest BCUT2D eigenvalue weighted by atomic mass is 10.3. The second-order valence-corrected chi connectivity index (χ2v) is 5.15. The van der Waals surface area contributed by atoms with Crippen LogP contribution >= 0.6 is 11.6 Å². The van der Waals surface area contributed by atoms with Crippen LogP contribution in [0, 0.1) is 0 Å². The fourth-order valence-corrected chi connectivity index (χ4v) is 2.09. The van der Waals surface area contributed by atoms with Crippen molar-refractivity contribution in [1.29, 1.82) is 0 Å². The summed E-state index contributed by atoms with van der Waals surface area (Å²) in [5.41, 5.74) is 1.77. The molecule has 4 nitrogen and oxygen atoms in total. The van der Waals surface area contributed by atoms with E-state index in [0.29, 0.717) is 23.8 Å². The Balaban J connectivity index is 2.06. The summed E-state index contributed by atoms with van der Waals surface area (Å²) in [6, 6.07) is 10.8. The number of rotatable bonds is 5. The molecule has 21 heavy (non-hydrogen) atoms. The summed E-state index contributed by atoms with van der Waals surface area (Å²) in [5, 5.41) is 3.50. The van der Waals surface area contributed by atoms with Gasteiger partial charge in [-0.3, -0.25) is 0 Å². The summed E-state index contributed by atoms with van der Waals surface area (Å²) in [6.45, 7) is 4.71. The average molecular weight is 304 g/mol. The molecule has 2 aromatic rings. The Hall–Kier alpha value is -2.20. The third-order valence-corrected chi connectivity index (χ3v) is 3.39. The van der Waals surface area contributed by atoms with Crippen LogP contribution in [0.2, 0.25) is 5.02 Å². The first kappa shape index (κ1) is 15.2. The van der Waals surface area contributed by atoms with Crippen LogP contribution in [-0.4, -0.2) is 22.0 Å². The van der Waals surface area contributed by atoms with Crippen LogP contribution in [-0.2, 0) is 13.6 Å². The van der Waals surface area contributed by atoms with Crippen molar-refractivity contribution >= 4 is 23.3 Å². The Labute approximate surface area is 129 Å². The molecular weight excluding hydrogens is 286 g/mol. The maximum absolute atomic E-state index is 12.3. The van der Waals surface area contributed by atoms with Crippen molar-refractivity contribution in [2.24, 2.45) is 7.05 Å². The van der Waals surface area contributed by atoms with E-state index in [4.69, 9.17) is 11.6 Å². The van der Waals surface area contributed by atoms with Gasteiger partial charge >= 0.3 is 6.03 Å². The topological polar surface area (TPSA) is 37.3 Å². The molecule has 0 bridgehead atoms. The van der Waals surface area contributed by atoms with Crippen LogP contribution in [0.15, 0.2) is 55.3 Å². The lowest BCUT2D eigenvalue weighted by molar-refractivity contribution is 0.214. The predicted molar refractivity (Wildman–Crippen MR) is 86.5 cm³/mol. The molecule has 0 saturated heterocycles. The van der Waals surface area contributed by atoms with Gasteiger partial charge in [0.05, 0.1) is 6.54 Å². The van der Waals surface area contributed by atoms with E-state index in [1.54, 1.807) is 35.2 Å². The number of aryl methyl sites for hydroxylation is 1. The first-order valence-electron chi connectivity index (χ1n) is 6.62. The molecule has 1 heterocycles. The Kier molecular flexibility index (Phi) is 5.06. The third-order valence-electron chi connectivity index (χ3n) is 3.14. The number of carbonyl (C=O) groups is 1. The van der Waals surface area contributed by atoms with Crippen molar-refractivity contribution in [3.8, 4) is 0 Å². The molecule has 0 fully saturated rings. The molecule has 110 valence electrons. The maximum Gasteiger partial charge on any atom is 0.322 e. The van der Waals surface area contributed by atoms with Gasteiger partial charge in [-0.2, -0.15) is 0 Å². The van der Waals surface area contributed by atoms with E-state index in [1.807, 2.05) is 29.9 Å². The summed E-state index contributed by atoms with van der Waals surface area (Å²) >= 11 is 5.83. The van der Waals surface area contributed by atoms with Gasteiger partial charge in [-0.25, -0.2) is 4.79 Å². The van der Waals surface area contributed by atoms with Gasteiger partial charge in [0.2, 0.25) is 0 Å². The van der Waals surface area contributed by atoms with E-state index < -0.39 is 0 Å². The predicted octanol–water partition coefficient (Wildman–Crippen LogP) is 3.90. The molecule has 0 spiro atoms. The summed E-state index contributed by atoms with van der Waals surface area (Å²) in [7, 11) is 1.96. The van der Waals surface area contributed by atoms with Crippen molar-refractivity contribution in [3.05, 3.63) is 66.0 Å². The minimum absolute atomic E-state index is 0.168. The van der Waals surface area contributed by atoms with Crippen LogP contribution in [0.4, 0.5) is 10.5 Å². The average Bonchev–Trinajstić information content (AvgIpc) is 2.86. The lowest BCUT2D eigenvalue weighted by Crippen LogP contribution is -2.35. The van der Waals surface area contributed by atoms with Gasteiger partial charge in [0.25, 0.3) is 0 Å². The summed E-state index contributed by atoms with van der Waals surface area (Å²) in [6.07, 6.45) is 3.67. The van der Waals surface area contributed by atoms with Crippen molar-refractivity contribution < 1.29 is 4.79 Å². The molecule has 1 aromatic heterocycles. The van der Waals surface area contributed by atoms with Crippen LogP contribution in [0.1, 0.15) is 5.69 Å². The lowest BCUT2D eigenvalue weighted by Gasteiger charge is -2.22. The highest BCUT2D eigenvalue weighted by Crippen LogP contribution is 2.14. The summed E-state index contributed by atoms with van der Waals surface area (Å²) in [4.78, 5) is 14.0. The molecule has 2 amide bonds.